The molecule has 1 aliphatic heterocycles. The smallest absolute Gasteiger partial charge is 0.248 e. The molecule has 2 aromatic carbocycles. The third-order valence-electron chi connectivity index (χ3n) is 5.64. The highest BCUT2D eigenvalue weighted by Gasteiger charge is 2.31. The lowest BCUT2D eigenvalue weighted by atomic mass is 9.96. The fourth-order valence-corrected chi connectivity index (χ4v) is 4.61. The van der Waals surface area contributed by atoms with Gasteiger partial charge in [-0.3, -0.25) is 0 Å². The molecule has 0 amide bonds. The first-order valence-electron chi connectivity index (χ1n) is 8.91. The molecular weight excluding hydrogens is 306 g/mol. The SMILES string of the molecule is CC(C)c1cccc2c3cccc4c3c3n(c5cccnc5[n+]3c12)C4. The van der Waals surface area contributed by atoms with Crippen LogP contribution in [0.2, 0.25) is 0 Å². The van der Waals surface area contributed by atoms with E-state index in [9.17, 15) is 0 Å². The number of nitrogens with zero attached hydrogens (tertiary/aromatic N) is 3. The lowest BCUT2D eigenvalue weighted by Crippen LogP contribution is -2.24. The molecule has 3 heteroatoms. The summed E-state index contributed by atoms with van der Waals surface area (Å²) in [5.41, 5.74) is 7.67. The average Bonchev–Trinajstić information content (AvgIpc) is 3.16. The maximum atomic E-state index is 4.76. The van der Waals surface area contributed by atoms with E-state index in [1.807, 2.05) is 12.3 Å². The normalized spacial score (nSPS) is 13.4. The van der Waals surface area contributed by atoms with E-state index >= 15 is 0 Å². The number of pyridine rings is 2. The Labute approximate surface area is 145 Å². The van der Waals surface area contributed by atoms with Crippen molar-refractivity contribution in [3.63, 3.8) is 0 Å². The van der Waals surface area contributed by atoms with Gasteiger partial charge in [-0.15, -0.1) is 4.98 Å². The number of aromatic nitrogens is 3. The topological polar surface area (TPSA) is 21.9 Å². The lowest BCUT2D eigenvalue weighted by molar-refractivity contribution is -0.452. The van der Waals surface area contributed by atoms with Crippen LogP contribution in [-0.2, 0) is 6.54 Å². The van der Waals surface area contributed by atoms with Gasteiger partial charge in [0.2, 0.25) is 5.65 Å². The van der Waals surface area contributed by atoms with Gasteiger partial charge >= 0.3 is 5.65 Å². The molecular formula is C22H18N3+. The Kier molecular flexibility index (Phi) is 2.33. The fourth-order valence-electron chi connectivity index (χ4n) is 4.61. The van der Waals surface area contributed by atoms with Gasteiger partial charge in [-0.25, -0.2) is 4.57 Å². The standard InChI is InChI=1S/C22H18N3/c1-13(2)15-7-4-9-17-16-8-3-6-14-12-24-18-10-5-11-23-21(18)25(20(15)17)22(24)19(14)16/h3-11,13H,12H2,1-2H3/q+1. The molecule has 120 valence electrons. The van der Waals surface area contributed by atoms with E-state index in [1.165, 1.54) is 44.0 Å². The van der Waals surface area contributed by atoms with E-state index < -0.39 is 0 Å². The maximum Gasteiger partial charge on any atom is 0.307 e. The van der Waals surface area contributed by atoms with E-state index in [2.05, 4.69) is 65.3 Å². The molecule has 6 rings (SSSR count). The van der Waals surface area contributed by atoms with Crippen LogP contribution >= 0.6 is 0 Å². The average molecular weight is 324 g/mol. The maximum absolute atomic E-state index is 4.76. The van der Waals surface area contributed by atoms with Crippen LogP contribution in [0.4, 0.5) is 0 Å². The summed E-state index contributed by atoms with van der Waals surface area (Å²) in [5.74, 6) is 0.461. The Morgan fingerprint density at radius 1 is 1.00 bits per heavy atom. The molecule has 0 fully saturated rings. The summed E-state index contributed by atoms with van der Waals surface area (Å²) in [7, 11) is 0. The monoisotopic (exact) mass is 324 g/mol. The molecule has 0 saturated heterocycles. The molecule has 0 bridgehead atoms. The van der Waals surface area contributed by atoms with Gasteiger partial charge < -0.3 is 0 Å². The van der Waals surface area contributed by atoms with Crippen molar-refractivity contribution in [1.82, 2.24) is 9.55 Å². The van der Waals surface area contributed by atoms with Crippen molar-refractivity contribution in [3.8, 4) is 0 Å². The zero-order chi connectivity index (χ0) is 16.7. The van der Waals surface area contributed by atoms with Crippen molar-refractivity contribution in [1.29, 1.82) is 0 Å². The predicted molar refractivity (Wildman–Crippen MR) is 101 cm³/mol. The number of benzene rings is 2. The van der Waals surface area contributed by atoms with E-state index in [0.717, 1.165) is 12.2 Å². The summed E-state index contributed by atoms with van der Waals surface area (Å²) in [6.45, 7) is 5.47. The molecule has 1 aliphatic rings. The van der Waals surface area contributed by atoms with E-state index in [0.29, 0.717) is 5.92 Å². The third-order valence-corrected chi connectivity index (χ3v) is 5.64. The lowest BCUT2D eigenvalue weighted by Gasteiger charge is -2.11. The van der Waals surface area contributed by atoms with Crippen molar-refractivity contribution in [2.45, 2.75) is 26.3 Å². The summed E-state index contributed by atoms with van der Waals surface area (Å²) in [5, 5.41) is 4.07. The third kappa shape index (κ3) is 1.47. The molecule has 0 radical (unpaired) electrons. The van der Waals surface area contributed by atoms with Crippen molar-refractivity contribution in [2.75, 3.05) is 0 Å². The quantitative estimate of drug-likeness (QED) is 0.321. The largest absolute Gasteiger partial charge is 0.307 e. The van der Waals surface area contributed by atoms with E-state index in [1.54, 1.807) is 0 Å². The van der Waals surface area contributed by atoms with Crippen molar-refractivity contribution in [3.05, 3.63) is 65.9 Å². The molecule has 0 saturated carbocycles. The van der Waals surface area contributed by atoms with Gasteiger partial charge in [0, 0.05) is 10.9 Å². The Morgan fingerprint density at radius 2 is 1.84 bits per heavy atom. The molecule has 0 unspecified atom stereocenters. The highest BCUT2D eigenvalue weighted by molar-refractivity contribution is 6.13. The van der Waals surface area contributed by atoms with Crippen molar-refractivity contribution < 1.29 is 4.40 Å². The first kappa shape index (κ1) is 13.4. The van der Waals surface area contributed by atoms with Crippen LogP contribution in [0.3, 0.4) is 0 Å². The molecule has 0 N–H and O–H groups in total. The zero-order valence-corrected chi connectivity index (χ0v) is 14.3. The number of rotatable bonds is 1. The molecule has 3 nitrogen and oxygen atoms in total. The molecule has 0 spiro atoms. The second-order valence-corrected chi connectivity index (χ2v) is 7.33. The van der Waals surface area contributed by atoms with Crippen molar-refractivity contribution in [2.24, 2.45) is 0 Å². The van der Waals surface area contributed by atoms with Gasteiger partial charge in [0.25, 0.3) is 0 Å². The van der Waals surface area contributed by atoms with E-state index in [4.69, 9.17) is 4.98 Å². The van der Waals surface area contributed by atoms with E-state index in [-0.39, 0.29) is 0 Å². The van der Waals surface area contributed by atoms with Gasteiger partial charge in [-0.1, -0.05) is 50.2 Å². The Morgan fingerprint density at radius 3 is 2.72 bits per heavy atom. The highest BCUT2D eigenvalue weighted by atomic mass is 15.2. The highest BCUT2D eigenvalue weighted by Crippen LogP contribution is 2.37. The van der Waals surface area contributed by atoms with Gasteiger partial charge in [0.1, 0.15) is 11.7 Å². The molecule has 5 aromatic rings. The first-order chi connectivity index (χ1) is 12.3. The van der Waals surface area contributed by atoms with Crippen LogP contribution in [-0.4, -0.2) is 9.55 Å². The zero-order valence-electron chi connectivity index (χ0n) is 14.3. The van der Waals surface area contributed by atoms with Gasteiger partial charge in [0.05, 0.1) is 11.9 Å². The Bertz CT molecular complexity index is 1340. The second kappa shape index (κ2) is 4.37. The number of fused-ring (bicyclic) bond motifs is 6. The van der Waals surface area contributed by atoms with Gasteiger partial charge in [-0.05, 0) is 29.0 Å². The van der Waals surface area contributed by atoms with Crippen LogP contribution in [0.15, 0.2) is 54.7 Å². The predicted octanol–water partition coefficient (Wildman–Crippen LogP) is 4.57. The summed E-state index contributed by atoms with van der Waals surface area (Å²) >= 11 is 0. The number of para-hydroxylation sites is 1. The van der Waals surface area contributed by atoms with Gasteiger partial charge in [-0.2, -0.15) is 4.40 Å². The molecule has 3 aromatic heterocycles. The minimum Gasteiger partial charge on any atom is -0.248 e. The summed E-state index contributed by atoms with van der Waals surface area (Å²) < 4.78 is 4.83. The minimum atomic E-state index is 0.461. The Balaban J connectivity index is 2.07. The minimum absolute atomic E-state index is 0.461. The summed E-state index contributed by atoms with van der Waals surface area (Å²) in [6.07, 6.45) is 1.90. The van der Waals surface area contributed by atoms with Crippen LogP contribution in [0.1, 0.15) is 30.9 Å². The van der Waals surface area contributed by atoms with Crippen molar-refractivity contribution >= 4 is 38.5 Å². The second-order valence-electron chi connectivity index (χ2n) is 7.33. The fraction of sp³-hybridized carbons (Fsp3) is 0.182. The number of hydrogen-bond donors (Lipinski definition) is 0. The number of imidazole rings is 1. The van der Waals surface area contributed by atoms with Crippen LogP contribution in [0.25, 0.3) is 38.5 Å². The first-order valence-corrected chi connectivity index (χ1v) is 8.91. The van der Waals surface area contributed by atoms with Gasteiger partial charge in [0.15, 0.2) is 5.52 Å². The Hall–Kier alpha value is -2.94. The van der Waals surface area contributed by atoms with Crippen LogP contribution in [0.5, 0.6) is 0 Å². The van der Waals surface area contributed by atoms with Crippen LogP contribution < -0.4 is 4.40 Å². The summed E-state index contributed by atoms with van der Waals surface area (Å²) in [6, 6.07) is 17.7. The molecule has 0 atom stereocenters. The van der Waals surface area contributed by atoms with Crippen LogP contribution in [0, 0.1) is 0 Å². The molecule has 25 heavy (non-hydrogen) atoms. The summed E-state index contributed by atoms with van der Waals surface area (Å²) in [4.78, 5) is 4.76. The number of hydrogen-bond acceptors (Lipinski definition) is 1. The molecule has 0 aliphatic carbocycles. The molecule has 4 heterocycles.